The number of nitrogens with two attached hydrogens (primary N) is 1. The minimum Gasteiger partial charge on any atom is -0.399 e. The summed E-state index contributed by atoms with van der Waals surface area (Å²) in [6.45, 7) is 2.87. The third-order valence-corrected chi connectivity index (χ3v) is 7.43. The molecular weight excluding hydrogens is 374 g/mol. The van der Waals surface area contributed by atoms with Crippen molar-refractivity contribution in [1.82, 2.24) is 10.2 Å². The fourth-order valence-corrected chi connectivity index (χ4v) is 5.76. The van der Waals surface area contributed by atoms with E-state index < -0.39 is 5.60 Å². The van der Waals surface area contributed by atoms with Gasteiger partial charge in [0.1, 0.15) is 0 Å². The molecule has 2 saturated carbocycles. The van der Waals surface area contributed by atoms with Gasteiger partial charge in [0.25, 0.3) is 5.91 Å². The van der Waals surface area contributed by atoms with E-state index in [1.54, 1.807) is 0 Å². The summed E-state index contributed by atoms with van der Waals surface area (Å²) in [6, 6.07) is 17.8. The second-order valence-electron chi connectivity index (χ2n) is 9.38. The average Bonchev–Trinajstić information content (AvgIpc) is 3.17. The lowest BCUT2D eigenvalue weighted by Crippen LogP contribution is -2.50. The van der Waals surface area contributed by atoms with E-state index in [1.165, 1.54) is 5.56 Å². The molecule has 5 heteroatoms. The molecular formula is C25H31N3O2. The zero-order valence-electron chi connectivity index (χ0n) is 17.3. The van der Waals surface area contributed by atoms with E-state index in [2.05, 4.69) is 16.3 Å². The molecule has 4 N–H and O–H groups in total. The van der Waals surface area contributed by atoms with Gasteiger partial charge in [-0.2, -0.15) is 0 Å². The predicted molar refractivity (Wildman–Crippen MR) is 117 cm³/mol. The number of carbonyl (C=O) groups excluding carboxylic acids is 1. The maximum atomic E-state index is 13.4. The van der Waals surface area contributed by atoms with Crippen molar-refractivity contribution in [1.29, 1.82) is 0 Å². The van der Waals surface area contributed by atoms with Gasteiger partial charge < -0.3 is 16.2 Å². The summed E-state index contributed by atoms with van der Waals surface area (Å²) in [6.07, 6.45) is 3.98. The number of benzene rings is 2. The summed E-state index contributed by atoms with van der Waals surface area (Å²) in [5.74, 6) is 0.762. The molecule has 30 heavy (non-hydrogen) atoms. The Hall–Kier alpha value is -2.37. The van der Waals surface area contributed by atoms with Crippen molar-refractivity contribution in [3.8, 4) is 0 Å². The quantitative estimate of drug-likeness (QED) is 0.646. The fourth-order valence-electron chi connectivity index (χ4n) is 5.76. The maximum Gasteiger partial charge on any atom is 0.257 e. The molecule has 1 saturated heterocycles. The van der Waals surface area contributed by atoms with Crippen LogP contribution in [0.15, 0.2) is 54.6 Å². The van der Waals surface area contributed by atoms with Gasteiger partial charge in [-0.3, -0.25) is 9.69 Å². The number of piperidine rings is 1. The highest BCUT2D eigenvalue weighted by atomic mass is 16.3. The molecule has 4 atom stereocenters. The summed E-state index contributed by atoms with van der Waals surface area (Å²) in [7, 11) is 0. The van der Waals surface area contributed by atoms with Crippen LogP contribution < -0.4 is 11.1 Å². The largest absolute Gasteiger partial charge is 0.399 e. The Morgan fingerprint density at radius 1 is 1.07 bits per heavy atom. The van der Waals surface area contributed by atoms with Crippen molar-refractivity contribution in [2.24, 2.45) is 17.8 Å². The average molecular weight is 406 g/mol. The molecule has 1 heterocycles. The lowest BCUT2D eigenvalue weighted by Gasteiger charge is -2.33. The minimum atomic E-state index is -1.42. The minimum absolute atomic E-state index is 0.00136. The number of fused-ring (bicyclic) bond motifs is 1. The topological polar surface area (TPSA) is 78.6 Å². The first kappa shape index (κ1) is 19.6. The monoisotopic (exact) mass is 405 g/mol. The summed E-state index contributed by atoms with van der Waals surface area (Å²) in [5.41, 5.74) is 7.23. The number of hydrogen-bond acceptors (Lipinski definition) is 4. The van der Waals surface area contributed by atoms with E-state index in [1.807, 2.05) is 48.5 Å². The molecule has 2 aliphatic carbocycles. The standard InChI is InChI=1S/C25H31N3O2/c26-20-12-6-7-17(13-20)14-28-15-21-22(16-28)23(21)27-24(29)25(30,19-10-4-5-11-19)18-8-2-1-3-9-18/h1-3,6-9,12-13,19,21-23,30H,4-5,10-11,14-16,26H2,(H,27,29)/t21-,22?,23+,25?/m0/s1. The highest BCUT2D eigenvalue weighted by Gasteiger charge is 2.58. The summed E-state index contributed by atoms with van der Waals surface area (Å²) in [4.78, 5) is 15.8. The number of nitrogens with one attached hydrogen (secondary N) is 1. The molecule has 1 aliphatic heterocycles. The van der Waals surface area contributed by atoms with Crippen molar-refractivity contribution >= 4 is 11.6 Å². The highest BCUT2D eigenvalue weighted by Crippen LogP contribution is 2.47. The number of hydrogen-bond donors (Lipinski definition) is 3. The Balaban J connectivity index is 1.23. The lowest BCUT2D eigenvalue weighted by atomic mass is 9.79. The van der Waals surface area contributed by atoms with E-state index in [9.17, 15) is 9.90 Å². The van der Waals surface area contributed by atoms with Crippen LogP contribution in [0.1, 0.15) is 36.8 Å². The Labute approximate surface area is 178 Å². The smallest absolute Gasteiger partial charge is 0.257 e. The van der Waals surface area contributed by atoms with E-state index in [4.69, 9.17) is 5.73 Å². The fraction of sp³-hybridized carbons (Fsp3) is 0.480. The van der Waals surface area contributed by atoms with Crippen LogP contribution in [0.2, 0.25) is 0 Å². The van der Waals surface area contributed by atoms with Gasteiger partial charge in [0, 0.05) is 37.3 Å². The third kappa shape index (κ3) is 3.50. The second kappa shape index (κ2) is 7.71. The lowest BCUT2D eigenvalue weighted by molar-refractivity contribution is -0.147. The normalized spacial score (nSPS) is 28.1. The molecule has 3 aliphatic rings. The van der Waals surface area contributed by atoms with E-state index in [-0.39, 0.29) is 17.9 Å². The molecule has 0 bridgehead atoms. The maximum absolute atomic E-state index is 13.4. The van der Waals surface area contributed by atoms with Crippen molar-refractivity contribution in [3.05, 3.63) is 65.7 Å². The van der Waals surface area contributed by atoms with Crippen LogP contribution in [0.5, 0.6) is 0 Å². The number of anilines is 1. The van der Waals surface area contributed by atoms with Crippen molar-refractivity contribution in [3.63, 3.8) is 0 Å². The van der Waals surface area contributed by atoms with E-state index in [0.717, 1.165) is 56.6 Å². The van der Waals surface area contributed by atoms with Crippen LogP contribution in [0.25, 0.3) is 0 Å². The van der Waals surface area contributed by atoms with Crippen LogP contribution in [0, 0.1) is 17.8 Å². The number of aliphatic hydroxyl groups is 1. The van der Waals surface area contributed by atoms with Gasteiger partial charge in [0.15, 0.2) is 5.60 Å². The van der Waals surface area contributed by atoms with Crippen LogP contribution in [-0.4, -0.2) is 35.0 Å². The first-order chi connectivity index (χ1) is 14.6. The molecule has 1 amide bonds. The van der Waals surface area contributed by atoms with Crippen molar-refractivity contribution < 1.29 is 9.90 Å². The van der Waals surface area contributed by atoms with Gasteiger partial charge in [0.2, 0.25) is 0 Å². The Morgan fingerprint density at radius 3 is 2.43 bits per heavy atom. The second-order valence-corrected chi connectivity index (χ2v) is 9.38. The molecule has 0 radical (unpaired) electrons. The Kier molecular flexibility index (Phi) is 5.03. The van der Waals surface area contributed by atoms with Gasteiger partial charge in [-0.15, -0.1) is 0 Å². The van der Waals surface area contributed by atoms with Gasteiger partial charge in [-0.25, -0.2) is 0 Å². The van der Waals surface area contributed by atoms with Crippen LogP contribution in [0.4, 0.5) is 5.69 Å². The molecule has 3 fully saturated rings. The summed E-state index contributed by atoms with van der Waals surface area (Å²) < 4.78 is 0. The molecule has 0 spiro atoms. The highest BCUT2D eigenvalue weighted by molar-refractivity contribution is 5.87. The van der Waals surface area contributed by atoms with Gasteiger partial charge in [-0.05, 0) is 47.9 Å². The Morgan fingerprint density at radius 2 is 1.77 bits per heavy atom. The van der Waals surface area contributed by atoms with Gasteiger partial charge in [-0.1, -0.05) is 55.3 Å². The molecule has 5 rings (SSSR count). The SMILES string of the molecule is Nc1cccc(CN2CC3[C@H](C2)[C@H]3NC(=O)C(O)(c2ccccc2)C2CCCC2)c1. The van der Waals surface area contributed by atoms with Crippen LogP contribution >= 0.6 is 0 Å². The van der Waals surface area contributed by atoms with Crippen molar-refractivity contribution in [2.75, 3.05) is 18.8 Å². The number of rotatable bonds is 6. The molecule has 158 valence electrons. The molecule has 0 aromatic heterocycles. The summed E-state index contributed by atoms with van der Waals surface area (Å²) in [5, 5.41) is 14.9. The first-order valence-electron chi connectivity index (χ1n) is 11.2. The van der Waals surface area contributed by atoms with Crippen LogP contribution in [0.3, 0.4) is 0 Å². The molecule has 2 aromatic rings. The number of nitrogens with zero attached hydrogens (tertiary/aromatic N) is 1. The predicted octanol–water partition coefficient (Wildman–Crippen LogP) is 2.89. The molecule has 5 nitrogen and oxygen atoms in total. The molecule has 2 unspecified atom stereocenters. The molecule has 2 aromatic carbocycles. The number of carbonyl (C=O) groups is 1. The van der Waals surface area contributed by atoms with E-state index in [0.29, 0.717) is 11.8 Å². The summed E-state index contributed by atoms with van der Waals surface area (Å²) >= 11 is 0. The van der Waals surface area contributed by atoms with Crippen molar-refractivity contribution in [2.45, 2.75) is 43.9 Å². The number of nitrogen functional groups attached to an aromatic ring is 1. The van der Waals surface area contributed by atoms with Gasteiger partial charge in [0.05, 0.1) is 0 Å². The first-order valence-corrected chi connectivity index (χ1v) is 11.2. The Bertz CT molecular complexity index is 900. The zero-order valence-corrected chi connectivity index (χ0v) is 17.3. The zero-order chi connectivity index (χ0) is 20.7. The third-order valence-electron chi connectivity index (χ3n) is 7.43. The number of amides is 1. The van der Waals surface area contributed by atoms with Gasteiger partial charge >= 0.3 is 0 Å². The number of likely N-dealkylation sites (tertiary alicyclic amines) is 1. The van der Waals surface area contributed by atoms with Crippen LogP contribution in [-0.2, 0) is 16.9 Å². The van der Waals surface area contributed by atoms with E-state index >= 15 is 0 Å².